The maximum Gasteiger partial charge on any atom is 4.00 e. The summed E-state index contributed by atoms with van der Waals surface area (Å²) in [5.74, 6) is 0. The summed E-state index contributed by atoms with van der Waals surface area (Å²) in [6.45, 7) is 13.5. The Bertz CT molecular complexity index is 148. The van der Waals surface area contributed by atoms with E-state index >= 15 is 0 Å². The summed E-state index contributed by atoms with van der Waals surface area (Å²) in [5, 5.41) is 0. The van der Waals surface area contributed by atoms with Gasteiger partial charge in [-0.05, 0) is 0 Å². The van der Waals surface area contributed by atoms with E-state index in [1.807, 2.05) is 0 Å². The third kappa shape index (κ3) is 46.7. The first-order valence-corrected chi connectivity index (χ1v) is 1.94. The minimum Gasteiger partial charge on any atom is -0.999 e. The van der Waals surface area contributed by atoms with Gasteiger partial charge in [0.05, 0.1) is 0 Å². The Kier molecular flexibility index (Phi) is 126. The van der Waals surface area contributed by atoms with Gasteiger partial charge in [0, 0.05) is 0 Å². The molecule has 0 aromatic heterocycles. The fraction of sp³-hybridized carbons (Fsp3) is 0. The molecule has 0 spiro atoms. The average Bonchev–Trinajstić information content (AvgIpc) is 2.71. The molecule has 0 bridgehead atoms. The van der Waals surface area contributed by atoms with Crippen LogP contribution in [0.2, 0.25) is 0 Å². The smallest absolute Gasteiger partial charge is 0.999 e. The molecule has 13 heavy (non-hydrogen) atoms. The number of rotatable bonds is 0. The van der Waals surface area contributed by atoms with Crippen LogP contribution in [0.4, 0.5) is 0 Å². The van der Waals surface area contributed by atoms with Gasteiger partial charge in [0.15, 0.2) is 0 Å². The standard InChI is InChI=1S/C5H.3CO.Mo.Na/c1-2-4-5-3-1;3*1-2;;/h1H;;;;;/q-5;;;;+4;+1. The van der Waals surface area contributed by atoms with Crippen LogP contribution in [0.1, 0.15) is 0 Å². The van der Waals surface area contributed by atoms with Crippen LogP contribution in [0.5, 0.6) is 0 Å². The Morgan fingerprint density at radius 2 is 1.00 bits per heavy atom. The quantitative estimate of drug-likeness (QED) is 0.282. The first-order chi connectivity index (χ1) is 5.50. The summed E-state index contributed by atoms with van der Waals surface area (Å²) >= 11 is 0. The predicted octanol–water partition coefficient (Wildman–Crippen LogP) is -2.50. The molecule has 1 rings (SSSR count). The molecule has 5 heteroatoms. The fourth-order valence-corrected chi connectivity index (χ4v) is 0.180. The van der Waals surface area contributed by atoms with Crippen LogP contribution in [-0.2, 0) is 35.0 Å². The molecule has 0 N–H and O–H groups in total. The maximum atomic E-state index is 7.50. The number of hydrogen-bond acceptors (Lipinski definition) is 0. The van der Waals surface area contributed by atoms with Crippen molar-refractivity contribution in [2.75, 3.05) is 0 Å². The van der Waals surface area contributed by atoms with E-state index < -0.39 is 0 Å². The third-order valence-electron chi connectivity index (χ3n) is 0.351. The van der Waals surface area contributed by atoms with Gasteiger partial charge < -0.3 is 30.3 Å². The van der Waals surface area contributed by atoms with Crippen LogP contribution in [0.3, 0.4) is 0 Å². The van der Waals surface area contributed by atoms with E-state index in [0.717, 1.165) is 0 Å². The van der Waals surface area contributed by atoms with Crippen molar-refractivity contribution in [3.8, 4) is 0 Å². The maximum absolute atomic E-state index is 7.50. The molecule has 0 amide bonds. The van der Waals surface area contributed by atoms with E-state index in [9.17, 15) is 0 Å². The van der Waals surface area contributed by atoms with Crippen molar-refractivity contribution in [3.63, 3.8) is 0 Å². The molecule has 0 radical (unpaired) electrons. The van der Waals surface area contributed by atoms with E-state index in [2.05, 4.69) is 44.2 Å². The van der Waals surface area contributed by atoms with Crippen molar-refractivity contribution in [1.82, 2.24) is 0 Å². The van der Waals surface area contributed by atoms with Crippen LogP contribution in [-0.4, -0.2) is 0 Å². The van der Waals surface area contributed by atoms with E-state index in [4.69, 9.17) is 14.0 Å². The molecule has 0 aliphatic carbocycles. The Morgan fingerprint density at radius 1 is 0.769 bits per heavy atom. The van der Waals surface area contributed by atoms with Gasteiger partial charge in [-0.1, -0.05) is 0 Å². The molecule has 0 saturated carbocycles. The zero-order valence-electron chi connectivity index (χ0n) is 6.71. The zero-order valence-corrected chi connectivity index (χ0v) is 10.7. The van der Waals surface area contributed by atoms with Crippen molar-refractivity contribution < 1.29 is 64.6 Å². The van der Waals surface area contributed by atoms with Crippen LogP contribution in [0.25, 0.3) is 0 Å². The van der Waals surface area contributed by atoms with Crippen molar-refractivity contribution >= 4 is 0 Å². The molecule has 0 fully saturated rings. The van der Waals surface area contributed by atoms with E-state index in [1.54, 1.807) is 6.07 Å². The Hall–Kier alpha value is 0.258. The van der Waals surface area contributed by atoms with Gasteiger partial charge in [0.2, 0.25) is 0 Å². The first-order valence-electron chi connectivity index (χ1n) is 1.94. The van der Waals surface area contributed by atoms with Gasteiger partial charge >= 0.3 is 84.5 Å². The number of hydrogen-bond donors (Lipinski definition) is 0. The van der Waals surface area contributed by atoms with Crippen LogP contribution in [0, 0.1) is 44.2 Å². The van der Waals surface area contributed by atoms with E-state index in [1.165, 1.54) is 0 Å². The molecular weight excluding hydrogens is 263 g/mol. The minimum atomic E-state index is 0. The molecule has 1 aromatic rings. The van der Waals surface area contributed by atoms with Crippen LogP contribution in [0.15, 0.2) is 6.07 Å². The second-order valence-corrected chi connectivity index (χ2v) is 0.683. The Balaban J connectivity index is -0.0000000239. The Labute approximate surface area is 114 Å². The molecule has 3 nitrogen and oxygen atoms in total. The van der Waals surface area contributed by atoms with Crippen molar-refractivity contribution in [2.45, 2.75) is 0 Å². The molecule has 0 aliphatic heterocycles. The molecule has 0 atom stereocenters. The predicted molar refractivity (Wildman–Crippen MR) is 29.2 cm³/mol. The Morgan fingerprint density at radius 3 is 1.08 bits per heavy atom. The third-order valence-corrected chi connectivity index (χ3v) is 0.351. The fourth-order valence-electron chi connectivity index (χ4n) is 0.180. The summed E-state index contributed by atoms with van der Waals surface area (Å²) in [4.78, 5) is 0. The molecule has 58 valence electrons. The van der Waals surface area contributed by atoms with E-state index in [-0.39, 0.29) is 50.6 Å². The van der Waals surface area contributed by atoms with Gasteiger partial charge in [0.25, 0.3) is 0 Å². The van der Waals surface area contributed by atoms with Gasteiger partial charge in [-0.3, -0.25) is 0 Å². The van der Waals surface area contributed by atoms with Crippen molar-refractivity contribution in [2.24, 2.45) is 0 Å². The van der Waals surface area contributed by atoms with Gasteiger partial charge in [-0.15, -0.1) is 0 Å². The monoisotopic (exact) mass is 266 g/mol. The molecule has 1 aromatic carbocycles. The second kappa shape index (κ2) is 56.2. The minimum absolute atomic E-state index is 0. The summed E-state index contributed by atoms with van der Waals surface area (Å²) in [6, 6.07) is 12.0. The molecular formula is C8HMoNaO3. The second-order valence-electron chi connectivity index (χ2n) is 0.683. The molecule has 0 saturated heterocycles. The summed E-state index contributed by atoms with van der Waals surface area (Å²) in [7, 11) is 0. The van der Waals surface area contributed by atoms with Crippen LogP contribution >= 0.6 is 0 Å². The molecule has 0 unspecified atom stereocenters. The van der Waals surface area contributed by atoms with Crippen molar-refractivity contribution in [1.29, 1.82) is 0 Å². The van der Waals surface area contributed by atoms with E-state index in [0.29, 0.717) is 0 Å². The van der Waals surface area contributed by atoms with Crippen molar-refractivity contribution in [3.05, 3.63) is 50.3 Å². The normalized spacial score (nSPS) is 3.54. The summed E-state index contributed by atoms with van der Waals surface area (Å²) in [5.41, 5.74) is 0. The van der Waals surface area contributed by atoms with Gasteiger partial charge in [-0.25, -0.2) is 0 Å². The molecule has 0 heterocycles. The zero-order chi connectivity index (χ0) is 9.54. The summed E-state index contributed by atoms with van der Waals surface area (Å²) < 4.78 is 22.5. The largest absolute Gasteiger partial charge is 4.00 e. The molecule has 0 aliphatic rings. The first kappa shape index (κ1) is 29.2. The van der Waals surface area contributed by atoms with Crippen LogP contribution < -0.4 is 29.6 Å². The summed E-state index contributed by atoms with van der Waals surface area (Å²) in [6.07, 6.45) is 0. The topological polar surface area (TPSA) is 59.7 Å². The SMILES string of the molecule is [C-]#[O+].[C-]#[O+].[C-]#[O+].[Mo+4].[Na+].[c-]1[c-][c-][cH-][c-]1. The van der Waals surface area contributed by atoms with Gasteiger partial charge in [0.1, 0.15) is 0 Å². The average molecular weight is 264 g/mol. The van der Waals surface area contributed by atoms with Gasteiger partial charge in [-0.2, -0.15) is 0 Å².